The zero-order valence-corrected chi connectivity index (χ0v) is 11.0. The first-order valence-corrected chi connectivity index (χ1v) is 6.59. The highest BCUT2D eigenvalue weighted by Crippen LogP contribution is 2.21. The van der Waals surface area contributed by atoms with Crippen molar-refractivity contribution in [1.82, 2.24) is 10.3 Å². The molecule has 1 aliphatic carbocycles. The lowest BCUT2D eigenvalue weighted by Gasteiger charge is -2.24. The zero-order valence-electron chi connectivity index (χ0n) is 11.0. The van der Waals surface area contributed by atoms with Gasteiger partial charge >= 0.3 is 6.18 Å². The molecule has 0 amide bonds. The van der Waals surface area contributed by atoms with Gasteiger partial charge in [0.1, 0.15) is 12.4 Å². The first-order valence-electron chi connectivity index (χ1n) is 6.59. The van der Waals surface area contributed by atoms with Crippen molar-refractivity contribution in [1.29, 1.82) is 0 Å². The molecule has 0 unspecified atom stereocenters. The Balaban J connectivity index is 1.96. The van der Waals surface area contributed by atoms with Gasteiger partial charge in [-0.05, 0) is 24.5 Å². The smallest absolute Gasteiger partial charge is 0.395 e. The Kier molecular flexibility index (Phi) is 4.82. The maximum atomic E-state index is 12.4. The van der Waals surface area contributed by atoms with Crippen LogP contribution in [-0.2, 0) is 6.54 Å². The molecule has 20 heavy (non-hydrogen) atoms. The first-order chi connectivity index (χ1) is 9.48. The SMILES string of the molecule is OCCN(CC(F)(F)F)c1ccc(CNC2CC2)cn1. The van der Waals surface area contributed by atoms with Crippen LogP contribution in [-0.4, -0.2) is 42.0 Å². The van der Waals surface area contributed by atoms with Crippen LogP contribution in [0.25, 0.3) is 0 Å². The van der Waals surface area contributed by atoms with E-state index < -0.39 is 12.7 Å². The first kappa shape index (κ1) is 15.1. The van der Waals surface area contributed by atoms with Gasteiger partial charge in [0.15, 0.2) is 0 Å². The number of nitrogens with one attached hydrogen (secondary N) is 1. The van der Waals surface area contributed by atoms with Crippen LogP contribution in [0.15, 0.2) is 18.3 Å². The van der Waals surface area contributed by atoms with Gasteiger partial charge in [-0.1, -0.05) is 6.07 Å². The molecule has 0 spiro atoms. The molecule has 0 saturated heterocycles. The van der Waals surface area contributed by atoms with Crippen LogP contribution in [0.3, 0.4) is 0 Å². The largest absolute Gasteiger partial charge is 0.405 e. The molecule has 0 aliphatic heterocycles. The lowest BCUT2D eigenvalue weighted by Crippen LogP contribution is -2.36. The maximum Gasteiger partial charge on any atom is 0.405 e. The van der Waals surface area contributed by atoms with Crippen molar-refractivity contribution in [2.24, 2.45) is 0 Å². The van der Waals surface area contributed by atoms with E-state index in [9.17, 15) is 13.2 Å². The summed E-state index contributed by atoms with van der Waals surface area (Å²) in [6.07, 6.45) is -0.378. The number of hydrogen-bond donors (Lipinski definition) is 2. The fourth-order valence-electron chi connectivity index (χ4n) is 1.87. The van der Waals surface area contributed by atoms with Crippen LogP contribution in [0, 0.1) is 0 Å². The third kappa shape index (κ3) is 4.97. The molecule has 112 valence electrons. The second kappa shape index (κ2) is 6.41. The lowest BCUT2D eigenvalue weighted by molar-refractivity contribution is -0.120. The van der Waals surface area contributed by atoms with Gasteiger partial charge in [0.2, 0.25) is 0 Å². The summed E-state index contributed by atoms with van der Waals surface area (Å²) in [6.45, 7) is -0.869. The highest BCUT2D eigenvalue weighted by molar-refractivity contribution is 5.39. The second-order valence-corrected chi connectivity index (χ2v) is 4.94. The van der Waals surface area contributed by atoms with Crippen molar-refractivity contribution < 1.29 is 18.3 Å². The Hall–Kier alpha value is -1.34. The van der Waals surface area contributed by atoms with Crippen molar-refractivity contribution in [2.45, 2.75) is 31.6 Å². The Morgan fingerprint density at radius 1 is 1.35 bits per heavy atom. The summed E-state index contributed by atoms with van der Waals surface area (Å²) in [5.41, 5.74) is 0.941. The van der Waals surface area contributed by atoms with Crippen molar-refractivity contribution >= 4 is 5.82 Å². The van der Waals surface area contributed by atoms with Crippen molar-refractivity contribution in [2.75, 3.05) is 24.6 Å². The summed E-state index contributed by atoms with van der Waals surface area (Å²) in [6, 6.07) is 3.90. The number of aromatic nitrogens is 1. The fraction of sp³-hybridized carbons (Fsp3) is 0.615. The highest BCUT2D eigenvalue weighted by atomic mass is 19.4. The molecule has 7 heteroatoms. The van der Waals surface area contributed by atoms with Gasteiger partial charge in [0.25, 0.3) is 0 Å². The number of aliphatic hydroxyl groups is 1. The van der Waals surface area contributed by atoms with E-state index in [1.807, 2.05) is 0 Å². The quantitative estimate of drug-likeness (QED) is 0.802. The topological polar surface area (TPSA) is 48.4 Å². The van der Waals surface area contributed by atoms with Crippen LogP contribution >= 0.6 is 0 Å². The number of alkyl halides is 3. The summed E-state index contributed by atoms with van der Waals surface area (Å²) >= 11 is 0. The van der Waals surface area contributed by atoms with Gasteiger partial charge in [-0.2, -0.15) is 13.2 Å². The molecule has 1 aliphatic rings. The molecule has 0 bridgehead atoms. The summed E-state index contributed by atoms with van der Waals surface area (Å²) in [5, 5.41) is 12.2. The summed E-state index contributed by atoms with van der Waals surface area (Å²) < 4.78 is 37.3. The number of nitrogens with zero attached hydrogens (tertiary/aromatic N) is 2. The Morgan fingerprint density at radius 2 is 2.10 bits per heavy atom. The fourth-order valence-corrected chi connectivity index (χ4v) is 1.87. The number of rotatable bonds is 7. The lowest BCUT2D eigenvalue weighted by atomic mass is 10.2. The van der Waals surface area contributed by atoms with E-state index >= 15 is 0 Å². The van der Waals surface area contributed by atoms with Crippen molar-refractivity contribution in [3.05, 3.63) is 23.9 Å². The minimum absolute atomic E-state index is 0.0911. The molecular formula is C13H18F3N3O. The van der Waals surface area contributed by atoms with E-state index in [2.05, 4.69) is 10.3 Å². The van der Waals surface area contributed by atoms with Crippen LogP contribution < -0.4 is 10.2 Å². The van der Waals surface area contributed by atoms with E-state index in [-0.39, 0.29) is 19.0 Å². The number of hydrogen-bond acceptors (Lipinski definition) is 4. The van der Waals surface area contributed by atoms with Gasteiger partial charge in [0, 0.05) is 25.3 Å². The predicted molar refractivity (Wildman–Crippen MR) is 69.5 cm³/mol. The number of halogens is 3. The molecular weight excluding hydrogens is 271 g/mol. The van der Waals surface area contributed by atoms with Gasteiger partial charge in [-0.25, -0.2) is 4.98 Å². The standard InChI is InChI=1S/C13H18F3N3O/c14-13(15,16)9-19(5-6-20)12-4-1-10(8-18-12)7-17-11-2-3-11/h1,4,8,11,17,20H,2-3,5-7,9H2. The van der Waals surface area contributed by atoms with E-state index in [1.165, 1.54) is 12.8 Å². The minimum atomic E-state index is -4.32. The monoisotopic (exact) mass is 289 g/mol. The van der Waals surface area contributed by atoms with Crippen molar-refractivity contribution in [3.63, 3.8) is 0 Å². The van der Waals surface area contributed by atoms with E-state index in [4.69, 9.17) is 5.11 Å². The molecule has 2 N–H and O–H groups in total. The predicted octanol–water partition coefficient (Wildman–Crippen LogP) is 1.69. The maximum absolute atomic E-state index is 12.4. The molecule has 0 aromatic carbocycles. The molecule has 1 fully saturated rings. The molecule has 1 saturated carbocycles. The van der Waals surface area contributed by atoms with Gasteiger partial charge < -0.3 is 15.3 Å². The Morgan fingerprint density at radius 3 is 2.60 bits per heavy atom. The van der Waals surface area contributed by atoms with E-state index in [0.29, 0.717) is 12.6 Å². The number of aliphatic hydroxyl groups excluding tert-OH is 1. The normalized spacial score (nSPS) is 15.4. The molecule has 1 aromatic heterocycles. The van der Waals surface area contributed by atoms with E-state index in [1.54, 1.807) is 18.3 Å². The number of pyridine rings is 1. The Labute approximate surface area is 115 Å². The van der Waals surface area contributed by atoms with E-state index in [0.717, 1.165) is 10.5 Å². The average molecular weight is 289 g/mol. The average Bonchev–Trinajstić information content (AvgIpc) is 3.19. The van der Waals surface area contributed by atoms with Gasteiger partial charge in [0.05, 0.1) is 6.61 Å². The van der Waals surface area contributed by atoms with Crippen molar-refractivity contribution in [3.8, 4) is 0 Å². The van der Waals surface area contributed by atoms with Gasteiger partial charge in [-0.15, -0.1) is 0 Å². The Bertz CT molecular complexity index is 418. The van der Waals surface area contributed by atoms with Crippen LogP contribution in [0.4, 0.5) is 19.0 Å². The van der Waals surface area contributed by atoms with Gasteiger partial charge in [-0.3, -0.25) is 0 Å². The molecule has 1 aromatic rings. The highest BCUT2D eigenvalue weighted by Gasteiger charge is 2.31. The molecule has 1 heterocycles. The third-order valence-electron chi connectivity index (χ3n) is 3.05. The molecule has 4 nitrogen and oxygen atoms in total. The summed E-state index contributed by atoms with van der Waals surface area (Å²) in [4.78, 5) is 5.08. The minimum Gasteiger partial charge on any atom is -0.395 e. The summed E-state index contributed by atoms with van der Waals surface area (Å²) in [7, 11) is 0. The molecule has 0 radical (unpaired) electrons. The zero-order chi connectivity index (χ0) is 14.6. The van der Waals surface area contributed by atoms with Crippen LogP contribution in [0.1, 0.15) is 18.4 Å². The van der Waals surface area contributed by atoms with Crippen LogP contribution in [0.2, 0.25) is 0 Å². The third-order valence-corrected chi connectivity index (χ3v) is 3.05. The molecule has 0 atom stereocenters. The summed E-state index contributed by atoms with van der Waals surface area (Å²) in [5.74, 6) is 0.228. The second-order valence-electron chi connectivity index (χ2n) is 4.94. The molecule has 2 rings (SSSR count). The van der Waals surface area contributed by atoms with Crippen LogP contribution in [0.5, 0.6) is 0 Å². The number of anilines is 1.